The number of hydrogen-bond acceptors (Lipinski definition) is 6. The summed E-state index contributed by atoms with van der Waals surface area (Å²) in [4.78, 5) is 15.3. The summed E-state index contributed by atoms with van der Waals surface area (Å²) in [6, 6.07) is 17.1. The molecule has 0 bridgehead atoms. The van der Waals surface area contributed by atoms with Gasteiger partial charge < -0.3 is 14.5 Å². The number of benzene rings is 2. The first-order chi connectivity index (χ1) is 16.5. The second-order valence-corrected chi connectivity index (χ2v) is 9.91. The van der Waals surface area contributed by atoms with Crippen LogP contribution in [0.1, 0.15) is 40.6 Å². The molecule has 34 heavy (non-hydrogen) atoms. The van der Waals surface area contributed by atoms with Gasteiger partial charge in [0.15, 0.2) is 0 Å². The fourth-order valence-corrected chi connectivity index (χ4v) is 5.16. The number of nitrogens with zero attached hydrogens (tertiary/aromatic N) is 1. The summed E-state index contributed by atoms with van der Waals surface area (Å²) >= 11 is 0. The number of carbonyl (C=O) groups is 1. The molecular weight excluding hydrogens is 454 g/mol. The average molecular weight is 484 g/mol. The molecule has 2 heterocycles. The number of para-hydroxylation sites is 1. The molecular formula is C25H29N3O5S. The Kier molecular flexibility index (Phi) is 7.66. The normalized spacial score (nSPS) is 15.2. The molecule has 1 saturated heterocycles. The van der Waals surface area contributed by atoms with Crippen molar-refractivity contribution >= 4 is 15.9 Å². The van der Waals surface area contributed by atoms with Crippen LogP contribution in [-0.4, -0.2) is 46.0 Å². The largest absolute Gasteiger partial charge is 0.496 e. The van der Waals surface area contributed by atoms with Crippen LogP contribution in [0.3, 0.4) is 0 Å². The second-order valence-electron chi connectivity index (χ2n) is 8.14. The van der Waals surface area contributed by atoms with Crippen LogP contribution in [0.15, 0.2) is 76.2 Å². The van der Waals surface area contributed by atoms with Gasteiger partial charge in [-0.3, -0.25) is 9.69 Å². The van der Waals surface area contributed by atoms with Gasteiger partial charge in [0.25, 0.3) is 5.91 Å². The van der Waals surface area contributed by atoms with E-state index in [9.17, 15) is 13.2 Å². The molecule has 1 aliphatic heterocycles. The standard InChI is InChI=1S/C25H29N3O5S/c1-32-24-9-3-2-8-22(24)23(28-14-4-5-15-28)18-26-25(29)19-10-12-21(13-11-19)34(30,31)27-17-20-7-6-16-33-20/h2-3,6-13,16,23,27H,4-5,14-15,17-18H2,1H3,(H,26,29)/t23-/m1/s1. The molecule has 1 amide bonds. The summed E-state index contributed by atoms with van der Waals surface area (Å²) in [6.45, 7) is 2.41. The molecule has 0 unspecified atom stereocenters. The highest BCUT2D eigenvalue weighted by Gasteiger charge is 2.26. The Morgan fingerprint density at radius 3 is 2.47 bits per heavy atom. The van der Waals surface area contributed by atoms with Gasteiger partial charge in [-0.15, -0.1) is 0 Å². The summed E-state index contributed by atoms with van der Waals surface area (Å²) in [5, 5.41) is 3.01. The molecule has 1 atom stereocenters. The third kappa shape index (κ3) is 5.67. The first-order valence-electron chi connectivity index (χ1n) is 11.3. The van der Waals surface area contributed by atoms with Crippen molar-refractivity contribution in [2.24, 2.45) is 0 Å². The average Bonchev–Trinajstić information content (AvgIpc) is 3.58. The molecule has 1 aliphatic rings. The van der Waals surface area contributed by atoms with Gasteiger partial charge in [0.05, 0.1) is 30.9 Å². The first-order valence-corrected chi connectivity index (χ1v) is 12.7. The van der Waals surface area contributed by atoms with Gasteiger partial charge >= 0.3 is 0 Å². The Hall–Kier alpha value is -3.14. The number of sulfonamides is 1. The SMILES string of the molecule is COc1ccccc1[C@@H](CNC(=O)c1ccc(S(=O)(=O)NCc2ccco2)cc1)N1CCCC1. The van der Waals surface area contributed by atoms with Crippen LogP contribution in [0.4, 0.5) is 0 Å². The van der Waals surface area contributed by atoms with Crippen molar-refractivity contribution in [2.75, 3.05) is 26.7 Å². The van der Waals surface area contributed by atoms with Crippen molar-refractivity contribution in [1.29, 1.82) is 0 Å². The number of likely N-dealkylation sites (tertiary alicyclic amines) is 1. The van der Waals surface area contributed by atoms with E-state index >= 15 is 0 Å². The molecule has 0 aliphatic carbocycles. The van der Waals surface area contributed by atoms with Crippen LogP contribution < -0.4 is 14.8 Å². The zero-order valence-electron chi connectivity index (χ0n) is 19.1. The second kappa shape index (κ2) is 10.9. The fraction of sp³-hybridized carbons (Fsp3) is 0.320. The van der Waals surface area contributed by atoms with E-state index in [2.05, 4.69) is 14.9 Å². The molecule has 3 aromatic rings. The van der Waals surface area contributed by atoms with Crippen molar-refractivity contribution in [3.63, 3.8) is 0 Å². The van der Waals surface area contributed by atoms with E-state index in [-0.39, 0.29) is 23.4 Å². The lowest BCUT2D eigenvalue weighted by molar-refractivity contribution is 0.0937. The van der Waals surface area contributed by atoms with Gasteiger partial charge in [-0.05, 0) is 68.4 Å². The summed E-state index contributed by atoms with van der Waals surface area (Å²) < 4.78 is 38.2. The van der Waals surface area contributed by atoms with Crippen LogP contribution in [0.2, 0.25) is 0 Å². The van der Waals surface area contributed by atoms with E-state index in [1.165, 1.54) is 30.5 Å². The third-order valence-electron chi connectivity index (χ3n) is 5.98. The quantitative estimate of drug-likeness (QED) is 0.459. The highest BCUT2D eigenvalue weighted by molar-refractivity contribution is 7.89. The molecule has 9 heteroatoms. The molecule has 0 radical (unpaired) electrons. The lowest BCUT2D eigenvalue weighted by Gasteiger charge is -2.29. The van der Waals surface area contributed by atoms with Gasteiger partial charge in [-0.2, -0.15) is 0 Å². The zero-order valence-corrected chi connectivity index (χ0v) is 19.9. The number of amides is 1. The van der Waals surface area contributed by atoms with Gasteiger partial charge in [-0.25, -0.2) is 13.1 Å². The van der Waals surface area contributed by atoms with Crippen LogP contribution in [-0.2, 0) is 16.6 Å². The molecule has 8 nitrogen and oxygen atoms in total. The van der Waals surface area contributed by atoms with E-state index < -0.39 is 10.0 Å². The third-order valence-corrected chi connectivity index (χ3v) is 7.40. The summed E-state index contributed by atoms with van der Waals surface area (Å²) in [6.07, 6.45) is 3.74. The fourth-order valence-electron chi connectivity index (χ4n) is 4.17. The maximum Gasteiger partial charge on any atom is 0.251 e. The number of nitrogens with one attached hydrogen (secondary N) is 2. The van der Waals surface area contributed by atoms with Gasteiger partial charge in [-0.1, -0.05) is 18.2 Å². The number of furan rings is 1. The van der Waals surface area contributed by atoms with Crippen LogP contribution in [0.25, 0.3) is 0 Å². The monoisotopic (exact) mass is 483 g/mol. The minimum absolute atomic E-state index is 0.00643. The number of methoxy groups -OCH3 is 1. The summed E-state index contributed by atoms with van der Waals surface area (Å²) in [7, 11) is -2.07. The van der Waals surface area contributed by atoms with E-state index in [1.807, 2.05) is 24.3 Å². The van der Waals surface area contributed by atoms with Gasteiger partial charge in [0.2, 0.25) is 10.0 Å². The van der Waals surface area contributed by atoms with Crippen LogP contribution in [0.5, 0.6) is 5.75 Å². The number of hydrogen-bond donors (Lipinski definition) is 2. The van der Waals surface area contributed by atoms with E-state index in [1.54, 1.807) is 19.2 Å². The van der Waals surface area contributed by atoms with Crippen molar-refractivity contribution in [1.82, 2.24) is 14.9 Å². The minimum atomic E-state index is -3.72. The number of ether oxygens (including phenoxy) is 1. The Bertz CT molecular complexity index is 1190. The van der Waals surface area contributed by atoms with Crippen molar-refractivity contribution in [2.45, 2.75) is 30.3 Å². The Morgan fingerprint density at radius 2 is 1.79 bits per heavy atom. The van der Waals surface area contributed by atoms with Gasteiger partial charge in [0, 0.05) is 17.7 Å². The lowest BCUT2D eigenvalue weighted by Crippen LogP contribution is -2.37. The van der Waals surface area contributed by atoms with Crippen LogP contribution >= 0.6 is 0 Å². The molecule has 1 aromatic heterocycles. The van der Waals surface area contributed by atoms with E-state index in [0.29, 0.717) is 17.9 Å². The molecule has 1 fully saturated rings. The first kappa shape index (κ1) is 24.0. The highest BCUT2D eigenvalue weighted by Crippen LogP contribution is 2.31. The zero-order chi connectivity index (χ0) is 24.0. The Balaban J connectivity index is 1.42. The Morgan fingerprint density at radius 1 is 1.06 bits per heavy atom. The summed E-state index contributed by atoms with van der Waals surface area (Å²) in [5.74, 6) is 1.05. The predicted octanol–water partition coefficient (Wildman–Crippen LogP) is 3.33. The van der Waals surface area contributed by atoms with E-state index in [0.717, 1.165) is 37.2 Å². The van der Waals surface area contributed by atoms with Gasteiger partial charge in [0.1, 0.15) is 11.5 Å². The maximum absolute atomic E-state index is 12.9. The van der Waals surface area contributed by atoms with Crippen LogP contribution in [0, 0.1) is 0 Å². The topological polar surface area (TPSA) is 101 Å². The lowest BCUT2D eigenvalue weighted by atomic mass is 10.0. The smallest absolute Gasteiger partial charge is 0.251 e. The summed E-state index contributed by atoms with van der Waals surface area (Å²) in [5.41, 5.74) is 1.43. The van der Waals surface area contributed by atoms with Crippen molar-refractivity contribution in [3.05, 3.63) is 83.8 Å². The van der Waals surface area contributed by atoms with Crippen molar-refractivity contribution in [3.8, 4) is 5.75 Å². The Labute approximate surface area is 200 Å². The van der Waals surface area contributed by atoms with E-state index in [4.69, 9.17) is 9.15 Å². The molecule has 180 valence electrons. The number of carbonyl (C=O) groups excluding carboxylic acids is 1. The predicted molar refractivity (Wildman–Crippen MR) is 128 cm³/mol. The molecule has 2 N–H and O–H groups in total. The molecule has 2 aromatic carbocycles. The number of rotatable bonds is 10. The maximum atomic E-state index is 12.9. The highest BCUT2D eigenvalue weighted by atomic mass is 32.2. The minimum Gasteiger partial charge on any atom is -0.496 e. The van der Waals surface area contributed by atoms with Crippen molar-refractivity contribution < 1.29 is 22.4 Å². The molecule has 4 rings (SSSR count). The molecule has 0 spiro atoms. The molecule has 0 saturated carbocycles.